The van der Waals surface area contributed by atoms with Crippen LogP contribution >= 0.6 is 11.8 Å². The molecule has 4 aliphatic rings. The largest absolute Gasteiger partial charge is 0.507 e. The van der Waals surface area contributed by atoms with Crippen molar-refractivity contribution in [1.29, 1.82) is 5.26 Å². The molecule has 30 heavy (non-hydrogen) atoms. The van der Waals surface area contributed by atoms with Gasteiger partial charge in [0, 0.05) is 29.2 Å². The van der Waals surface area contributed by atoms with Gasteiger partial charge in [-0.15, -0.1) is 0 Å². The van der Waals surface area contributed by atoms with Crippen molar-refractivity contribution in [2.45, 2.75) is 46.4 Å². The van der Waals surface area contributed by atoms with E-state index in [9.17, 15) is 10.4 Å². The van der Waals surface area contributed by atoms with E-state index in [2.05, 4.69) is 6.07 Å². The minimum Gasteiger partial charge on any atom is -0.507 e. The first kappa shape index (κ1) is 18.3. The average Bonchev–Trinajstić information content (AvgIpc) is 3.41. The van der Waals surface area contributed by atoms with E-state index >= 15 is 0 Å². The Morgan fingerprint density at radius 1 is 1.10 bits per heavy atom. The third kappa shape index (κ3) is 2.43. The standard InChI is InChI=1S/C24H21NO4S/c25-14-23-6-7-24(28-8-9-29-24)18-13-27-20(22(18)23)10-15-11-21(19(26)12-17(15)23)30-16-4-2-1-3-5-16/h1-5,11-13,20,22,26H,6-10H2/t20-,22-,23-/m1/s1. The van der Waals surface area contributed by atoms with Gasteiger partial charge in [0.15, 0.2) is 5.79 Å². The number of fused-ring (bicyclic) bond motifs is 3. The quantitative estimate of drug-likeness (QED) is 0.783. The number of hydrogen-bond donors (Lipinski definition) is 1. The summed E-state index contributed by atoms with van der Waals surface area (Å²) in [6.07, 6.45) is 3.58. The van der Waals surface area contributed by atoms with E-state index < -0.39 is 11.2 Å². The third-order valence-corrected chi connectivity index (χ3v) is 7.96. The second-order valence-corrected chi connectivity index (χ2v) is 9.47. The van der Waals surface area contributed by atoms with Crippen molar-refractivity contribution in [3.8, 4) is 11.8 Å². The van der Waals surface area contributed by atoms with Crippen molar-refractivity contribution in [3.63, 3.8) is 0 Å². The molecular weight excluding hydrogens is 398 g/mol. The van der Waals surface area contributed by atoms with Crippen LogP contribution in [0.2, 0.25) is 0 Å². The average molecular weight is 420 g/mol. The fourth-order valence-corrected chi connectivity index (χ4v) is 6.52. The van der Waals surface area contributed by atoms with Crippen molar-refractivity contribution in [1.82, 2.24) is 0 Å². The molecule has 3 atom stereocenters. The van der Waals surface area contributed by atoms with Crippen LogP contribution in [0.1, 0.15) is 24.0 Å². The fourth-order valence-electron chi connectivity index (χ4n) is 5.61. The molecule has 2 fully saturated rings. The molecule has 1 saturated carbocycles. The van der Waals surface area contributed by atoms with Gasteiger partial charge in [-0.3, -0.25) is 0 Å². The molecule has 1 saturated heterocycles. The summed E-state index contributed by atoms with van der Waals surface area (Å²) in [4.78, 5) is 1.86. The fraction of sp³-hybridized carbons (Fsp3) is 0.375. The highest BCUT2D eigenvalue weighted by molar-refractivity contribution is 7.99. The molecule has 2 aliphatic carbocycles. The number of hydrogen-bond acceptors (Lipinski definition) is 6. The Kier molecular flexibility index (Phi) is 3.98. The Labute approximate surface area is 179 Å². The molecule has 2 aromatic carbocycles. The van der Waals surface area contributed by atoms with Crippen LogP contribution in [0.5, 0.6) is 5.75 Å². The van der Waals surface area contributed by atoms with E-state index in [0.29, 0.717) is 32.5 Å². The van der Waals surface area contributed by atoms with Gasteiger partial charge >= 0.3 is 0 Å². The smallest absolute Gasteiger partial charge is 0.194 e. The van der Waals surface area contributed by atoms with Gasteiger partial charge in [0.25, 0.3) is 0 Å². The summed E-state index contributed by atoms with van der Waals surface area (Å²) in [5, 5.41) is 21.3. The van der Waals surface area contributed by atoms with Crippen LogP contribution in [0.3, 0.4) is 0 Å². The zero-order valence-electron chi connectivity index (χ0n) is 16.3. The number of nitriles is 1. The maximum atomic E-state index is 10.9. The summed E-state index contributed by atoms with van der Waals surface area (Å²) in [5.74, 6) is -0.648. The van der Waals surface area contributed by atoms with Crippen LogP contribution in [0.4, 0.5) is 0 Å². The molecule has 5 nitrogen and oxygen atoms in total. The summed E-state index contributed by atoms with van der Waals surface area (Å²) in [5.41, 5.74) is 2.21. The van der Waals surface area contributed by atoms with Crippen LogP contribution in [0.15, 0.2) is 64.1 Å². The lowest BCUT2D eigenvalue weighted by atomic mass is 9.54. The number of nitrogens with zero attached hydrogens (tertiary/aromatic N) is 1. The minimum absolute atomic E-state index is 0.115. The topological polar surface area (TPSA) is 71.7 Å². The first-order valence-electron chi connectivity index (χ1n) is 10.3. The molecule has 152 valence electrons. The molecule has 0 radical (unpaired) electrons. The van der Waals surface area contributed by atoms with E-state index in [1.807, 2.05) is 42.5 Å². The molecule has 2 aromatic rings. The summed E-state index contributed by atoms with van der Waals surface area (Å²) in [6.45, 7) is 1.12. The predicted octanol–water partition coefficient (Wildman–Crippen LogP) is 4.30. The van der Waals surface area contributed by atoms with Gasteiger partial charge in [-0.05, 0) is 41.8 Å². The number of rotatable bonds is 2. The van der Waals surface area contributed by atoms with Gasteiger partial charge in [0.05, 0.1) is 35.9 Å². The molecule has 6 heteroatoms. The van der Waals surface area contributed by atoms with Crippen LogP contribution in [-0.4, -0.2) is 30.2 Å². The maximum absolute atomic E-state index is 10.9. The first-order chi connectivity index (χ1) is 14.7. The Morgan fingerprint density at radius 2 is 1.90 bits per heavy atom. The third-order valence-electron chi connectivity index (χ3n) is 6.91. The van der Waals surface area contributed by atoms with Crippen LogP contribution < -0.4 is 0 Å². The van der Waals surface area contributed by atoms with Crippen LogP contribution in [0, 0.1) is 17.2 Å². The van der Waals surface area contributed by atoms with Gasteiger partial charge in [-0.25, -0.2) is 0 Å². The molecule has 0 bridgehead atoms. The van der Waals surface area contributed by atoms with Crippen LogP contribution in [0.25, 0.3) is 0 Å². The van der Waals surface area contributed by atoms with Crippen molar-refractivity contribution in [2.24, 2.45) is 5.92 Å². The summed E-state index contributed by atoms with van der Waals surface area (Å²) in [7, 11) is 0. The summed E-state index contributed by atoms with van der Waals surface area (Å²) < 4.78 is 18.1. The Morgan fingerprint density at radius 3 is 2.67 bits per heavy atom. The predicted molar refractivity (Wildman–Crippen MR) is 110 cm³/mol. The lowest BCUT2D eigenvalue weighted by molar-refractivity contribution is -0.154. The van der Waals surface area contributed by atoms with Gasteiger partial charge in [-0.2, -0.15) is 5.26 Å². The highest BCUT2D eigenvalue weighted by Crippen LogP contribution is 2.60. The maximum Gasteiger partial charge on any atom is 0.194 e. The molecule has 0 aromatic heterocycles. The molecule has 6 rings (SSSR count). The molecule has 0 unspecified atom stereocenters. The highest BCUT2D eigenvalue weighted by Gasteiger charge is 2.63. The van der Waals surface area contributed by atoms with Crippen molar-refractivity contribution < 1.29 is 19.3 Å². The zero-order chi connectivity index (χ0) is 20.3. The van der Waals surface area contributed by atoms with Gasteiger partial charge in [-0.1, -0.05) is 30.0 Å². The van der Waals surface area contributed by atoms with Crippen molar-refractivity contribution >= 4 is 11.8 Å². The highest BCUT2D eigenvalue weighted by atomic mass is 32.2. The first-order valence-corrected chi connectivity index (χ1v) is 11.1. The number of phenols is 1. The van der Waals surface area contributed by atoms with Crippen molar-refractivity contribution in [3.05, 3.63) is 65.4 Å². The van der Waals surface area contributed by atoms with E-state index in [0.717, 1.165) is 26.5 Å². The summed E-state index contributed by atoms with van der Waals surface area (Å²) >= 11 is 1.53. The van der Waals surface area contributed by atoms with E-state index in [1.165, 1.54) is 11.8 Å². The molecule has 1 N–H and O–H groups in total. The number of aromatic hydroxyl groups is 1. The Balaban J connectivity index is 1.44. The van der Waals surface area contributed by atoms with E-state index in [4.69, 9.17) is 14.2 Å². The lowest BCUT2D eigenvalue weighted by Gasteiger charge is -2.49. The van der Waals surface area contributed by atoms with Crippen LogP contribution in [-0.2, 0) is 26.0 Å². The van der Waals surface area contributed by atoms with Crippen molar-refractivity contribution in [2.75, 3.05) is 13.2 Å². The molecule has 1 spiro atoms. The number of benzene rings is 2. The van der Waals surface area contributed by atoms with E-state index in [-0.39, 0.29) is 17.8 Å². The van der Waals surface area contributed by atoms with Gasteiger partial charge < -0.3 is 19.3 Å². The number of phenolic OH excluding ortho intramolecular Hbond substituents is 1. The Hall–Kier alpha value is -2.46. The molecule has 0 amide bonds. The second kappa shape index (κ2) is 6.52. The van der Waals surface area contributed by atoms with E-state index in [1.54, 1.807) is 6.26 Å². The monoisotopic (exact) mass is 419 g/mol. The normalized spacial score (nSPS) is 30.2. The minimum atomic E-state index is -0.748. The van der Waals surface area contributed by atoms with Gasteiger partial charge in [0.2, 0.25) is 0 Å². The zero-order valence-corrected chi connectivity index (χ0v) is 17.2. The molecule has 2 heterocycles. The summed E-state index contributed by atoms with van der Waals surface area (Å²) in [6, 6.07) is 16.5. The second-order valence-electron chi connectivity index (χ2n) is 8.35. The molecule has 2 aliphatic heterocycles. The Bertz CT molecular complexity index is 1090. The lowest BCUT2D eigenvalue weighted by Crippen LogP contribution is -2.54. The molecular formula is C24H21NO4S. The number of ether oxygens (including phenoxy) is 3. The SMILES string of the molecule is N#C[C@]12CCC3(OCCO3)C3=CO[C@H](Cc4cc(Sc5ccccc5)c(O)cc41)[C@@H]32. The van der Waals surface area contributed by atoms with Gasteiger partial charge in [0.1, 0.15) is 11.9 Å².